The first-order valence-electron chi connectivity index (χ1n) is 9.10. The minimum absolute atomic E-state index is 0.0961. The Morgan fingerprint density at radius 3 is 2.88 bits per heavy atom. The molecule has 0 aliphatic carbocycles. The molecule has 6 nitrogen and oxygen atoms in total. The second-order valence-corrected chi connectivity index (χ2v) is 7.03. The number of β-amino-alcohol motifs (C(OH)–C–C–N with tert-alkyl or cyclic N) is 1. The number of hydrogen-bond acceptors (Lipinski definition) is 4. The molecular weight excluding hydrogens is 328 g/mol. The van der Waals surface area contributed by atoms with Crippen LogP contribution in [-0.2, 0) is 18.3 Å². The number of allylic oxidation sites excluding steroid dienone is 1. The maximum Gasteiger partial charge on any atom is 0.222 e. The second kappa shape index (κ2) is 8.27. The van der Waals surface area contributed by atoms with E-state index in [0.29, 0.717) is 38.8 Å². The number of rotatable bonds is 6. The number of carbonyl (C=O) groups is 1. The minimum atomic E-state index is -0.922. The van der Waals surface area contributed by atoms with Crippen LogP contribution in [0.15, 0.2) is 42.7 Å². The van der Waals surface area contributed by atoms with Crippen molar-refractivity contribution in [2.45, 2.75) is 37.7 Å². The molecule has 3 rings (SSSR count). The first kappa shape index (κ1) is 18.3. The van der Waals surface area contributed by atoms with Gasteiger partial charge in [0.15, 0.2) is 0 Å². The molecule has 0 radical (unpaired) electrons. The highest BCUT2D eigenvalue weighted by Crippen LogP contribution is 2.25. The lowest BCUT2D eigenvalue weighted by atomic mass is 9.89. The molecule has 1 amide bonds. The first-order valence-corrected chi connectivity index (χ1v) is 9.10. The van der Waals surface area contributed by atoms with Gasteiger partial charge < -0.3 is 14.6 Å². The first-order chi connectivity index (χ1) is 12.6. The van der Waals surface area contributed by atoms with Gasteiger partial charge in [0.25, 0.3) is 0 Å². The van der Waals surface area contributed by atoms with Crippen molar-refractivity contribution in [1.82, 2.24) is 19.7 Å². The largest absolute Gasteiger partial charge is 0.388 e. The highest BCUT2D eigenvalue weighted by Gasteiger charge is 2.36. The molecule has 0 bridgehead atoms. The Balaban J connectivity index is 1.51. The van der Waals surface area contributed by atoms with Crippen LogP contribution in [0, 0.1) is 0 Å². The molecule has 1 aliphatic rings. The van der Waals surface area contributed by atoms with Crippen LogP contribution in [-0.4, -0.2) is 49.4 Å². The molecule has 26 heavy (non-hydrogen) atoms. The van der Waals surface area contributed by atoms with Crippen molar-refractivity contribution >= 4 is 12.0 Å². The Bertz CT molecular complexity index is 756. The number of aliphatic hydroxyl groups is 1. The molecule has 2 aromatic rings. The van der Waals surface area contributed by atoms with Crippen molar-refractivity contribution in [3.8, 4) is 0 Å². The fourth-order valence-electron chi connectivity index (χ4n) is 3.38. The zero-order valence-corrected chi connectivity index (χ0v) is 15.2. The normalized spacial score (nSPS) is 20.6. The summed E-state index contributed by atoms with van der Waals surface area (Å²) in [5.41, 5.74) is 0.213. The van der Waals surface area contributed by atoms with Crippen LogP contribution in [0.3, 0.4) is 0 Å². The van der Waals surface area contributed by atoms with E-state index in [1.165, 1.54) is 0 Å². The van der Waals surface area contributed by atoms with Crippen molar-refractivity contribution < 1.29 is 9.90 Å². The highest BCUT2D eigenvalue weighted by molar-refractivity contribution is 5.76. The Kier molecular flexibility index (Phi) is 5.83. The number of likely N-dealkylation sites (tertiary alicyclic amines) is 1. The van der Waals surface area contributed by atoms with Gasteiger partial charge in [0, 0.05) is 33.0 Å². The maximum absolute atomic E-state index is 12.5. The van der Waals surface area contributed by atoms with E-state index in [9.17, 15) is 9.90 Å². The van der Waals surface area contributed by atoms with E-state index in [-0.39, 0.29) is 5.91 Å². The molecule has 1 atom stereocenters. The minimum Gasteiger partial charge on any atom is -0.388 e. The molecule has 1 fully saturated rings. The summed E-state index contributed by atoms with van der Waals surface area (Å²) in [7, 11) is 1.86. The third-order valence-electron chi connectivity index (χ3n) is 4.84. The molecule has 6 heteroatoms. The van der Waals surface area contributed by atoms with Crippen molar-refractivity contribution in [1.29, 1.82) is 0 Å². The van der Waals surface area contributed by atoms with E-state index in [1.807, 2.05) is 54.1 Å². The summed E-state index contributed by atoms with van der Waals surface area (Å²) in [4.78, 5) is 14.3. The molecule has 1 unspecified atom stereocenters. The number of nitrogens with zero attached hydrogens (tertiary/aromatic N) is 4. The van der Waals surface area contributed by atoms with Crippen LogP contribution in [0.2, 0.25) is 0 Å². The van der Waals surface area contributed by atoms with E-state index in [4.69, 9.17) is 0 Å². The van der Waals surface area contributed by atoms with Gasteiger partial charge in [0.1, 0.15) is 12.2 Å². The molecular formula is C20H26N4O2. The topological polar surface area (TPSA) is 71.2 Å². The summed E-state index contributed by atoms with van der Waals surface area (Å²) in [5.74, 6) is 0.839. The number of amides is 1. The van der Waals surface area contributed by atoms with Crippen LogP contribution in [0.4, 0.5) is 0 Å². The number of aromatic nitrogens is 3. The van der Waals surface area contributed by atoms with Crippen LogP contribution < -0.4 is 0 Å². The fourth-order valence-corrected chi connectivity index (χ4v) is 3.38. The number of hydrogen-bond donors (Lipinski definition) is 1. The predicted octanol–water partition coefficient (Wildman–Crippen LogP) is 2.20. The van der Waals surface area contributed by atoms with Crippen molar-refractivity contribution in [2.75, 3.05) is 13.1 Å². The third kappa shape index (κ3) is 4.79. The smallest absolute Gasteiger partial charge is 0.222 e. The lowest BCUT2D eigenvalue weighted by Crippen LogP contribution is -2.51. The fraction of sp³-hybridized carbons (Fsp3) is 0.450. The Morgan fingerprint density at radius 2 is 2.15 bits per heavy atom. The Labute approximate surface area is 154 Å². The summed E-state index contributed by atoms with van der Waals surface area (Å²) in [5, 5.41) is 18.8. The van der Waals surface area contributed by atoms with Crippen LogP contribution in [0.5, 0.6) is 0 Å². The van der Waals surface area contributed by atoms with Crippen molar-refractivity contribution in [2.24, 2.45) is 7.05 Å². The molecule has 0 saturated carbocycles. The second-order valence-electron chi connectivity index (χ2n) is 7.03. The summed E-state index contributed by atoms with van der Waals surface area (Å²) >= 11 is 0. The molecule has 1 N–H and O–H groups in total. The van der Waals surface area contributed by atoms with Crippen molar-refractivity contribution in [3.63, 3.8) is 0 Å². The third-order valence-corrected chi connectivity index (χ3v) is 4.84. The average molecular weight is 354 g/mol. The maximum atomic E-state index is 12.5. The average Bonchev–Trinajstić information content (AvgIpc) is 3.03. The predicted molar refractivity (Wildman–Crippen MR) is 100 cm³/mol. The van der Waals surface area contributed by atoms with Crippen LogP contribution in [0.25, 0.3) is 6.08 Å². The van der Waals surface area contributed by atoms with Gasteiger partial charge in [-0.25, -0.2) is 0 Å². The number of benzene rings is 1. The molecule has 0 spiro atoms. The Hall–Kier alpha value is -2.47. The van der Waals surface area contributed by atoms with Gasteiger partial charge >= 0.3 is 0 Å². The van der Waals surface area contributed by atoms with E-state index < -0.39 is 5.60 Å². The van der Waals surface area contributed by atoms with Gasteiger partial charge in [-0.3, -0.25) is 4.79 Å². The standard InChI is InChI=1S/C20H26N4O2/c1-23-16-21-22-18(23)14-20(26)12-7-13-24(15-20)19(25)11-6-5-10-17-8-3-2-4-9-17/h2-5,8-10,16,26H,6-7,11-15H2,1H3/b10-5+. The summed E-state index contributed by atoms with van der Waals surface area (Å²) in [6, 6.07) is 10.1. The SMILES string of the molecule is Cn1cnnc1CC1(O)CCCN(C(=O)CC/C=C/c2ccccc2)C1. The molecule has 1 saturated heterocycles. The van der Waals surface area contributed by atoms with Gasteiger partial charge in [0.05, 0.1) is 5.60 Å². The van der Waals surface area contributed by atoms with E-state index in [2.05, 4.69) is 10.2 Å². The quantitative estimate of drug-likeness (QED) is 0.863. The summed E-state index contributed by atoms with van der Waals surface area (Å²) < 4.78 is 1.81. The number of carbonyl (C=O) groups excluding carboxylic acids is 1. The molecule has 1 aromatic heterocycles. The monoisotopic (exact) mass is 354 g/mol. The van der Waals surface area contributed by atoms with Gasteiger partial charge in [-0.2, -0.15) is 0 Å². The van der Waals surface area contributed by atoms with Gasteiger partial charge in [-0.15, -0.1) is 10.2 Å². The van der Waals surface area contributed by atoms with Gasteiger partial charge in [-0.05, 0) is 24.8 Å². The lowest BCUT2D eigenvalue weighted by molar-refractivity contribution is -0.138. The lowest BCUT2D eigenvalue weighted by Gasteiger charge is -2.39. The summed E-state index contributed by atoms with van der Waals surface area (Å²) in [6.07, 6.45) is 8.76. The van der Waals surface area contributed by atoms with E-state index in [1.54, 1.807) is 11.2 Å². The zero-order chi connectivity index (χ0) is 18.4. The number of aryl methyl sites for hydroxylation is 1. The molecule has 1 aliphatic heterocycles. The zero-order valence-electron chi connectivity index (χ0n) is 15.2. The van der Waals surface area contributed by atoms with Crippen LogP contribution >= 0.6 is 0 Å². The van der Waals surface area contributed by atoms with E-state index in [0.717, 1.165) is 17.8 Å². The van der Waals surface area contributed by atoms with Crippen LogP contribution in [0.1, 0.15) is 37.1 Å². The van der Waals surface area contributed by atoms with Crippen molar-refractivity contribution in [3.05, 3.63) is 54.1 Å². The van der Waals surface area contributed by atoms with Gasteiger partial charge in [-0.1, -0.05) is 42.5 Å². The van der Waals surface area contributed by atoms with Gasteiger partial charge in [0.2, 0.25) is 5.91 Å². The number of piperidine rings is 1. The molecule has 138 valence electrons. The molecule has 1 aromatic carbocycles. The summed E-state index contributed by atoms with van der Waals surface area (Å²) in [6.45, 7) is 1.07. The highest BCUT2D eigenvalue weighted by atomic mass is 16.3. The molecule has 2 heterocycles. The Morgan fingerprint density at radius 1 is 1.35 bits per heavy atom. The van der Waals surface area contributed by atoms with E-state index >= 15 is 0 Å².